The molecule has 1 aromatic rings. The third-order valence-electron chi connectivity index (χ3n) is 3.39. The second-order valence-electron chi connectivity index (χ2n) is 4.85. The van der Waals surface area contributed by atoms with Crippen LogP contribution in [0.3, 0.4) is 0 Å². The van der Waals surface area contributed by atoms with E-state index in [0.29, 0.717) is 5.56 Å². The van der Waals surface area contributed by atoms with E-state index >= 15 is 0 Å². The third-order valence-corrected chi connectivity index (χ3v) is 3.39. The molecule has 1 aliphatic heterocycles. The predicted octanol–water partition coefficient (Wildman–Crippen LogP) is 0.747. The van der Waals surface area contributed by atoms with Crippen LogP contribution in [0.15, 0.2) is 24.3 Å². The fourth-order valence-corrected chi connectivity index (χ4v) is 2.34. The summed E-state index contributed by atoms with van der Waals surface area (Å²) in [6.07, 6.45) is -0.100. The molecule has 0 spiro atoms. The minimum atomic E-state index is -0.973. The topological polar surface area (TPSA) is 94.9 Å². The van der Waals surface area contributed by atoms with Gasteiger partial charge in [0.2, 0.25) is 5.91 Å². The van der Waals surface area contributed by atoms with Gasteiger partial charge in [0.25, 0.3) is 0 Å². The number of aliphatic carboxylic acids is 2. The first-order chi connectivity index (χ1) is 9.47. The molecule has 1 amide bonds. The van der Waals surface area contributed by atoms with Gasteiger partial charge in [-0.25, -0.2) is 0 Å². The Hall–Kier alpha value is -2.37. The SMILES string of the molecule is O=C(O)Cc1ccccc1CN1CC(C(=O)O)CC1=O. The minimum absolute atomic E-state index is 0.0103. The van der Waals surface area contributed by atoms with E-state index in [1.165, 1.54) is 4.90 Å². The molecule has 0 saturated carbocycles. The summed E-state index contributed by atoms with van der Waals surface area (Å²) in [7, 11) is 0. The van der Waals surface area contributed by atoms with E-state index in [2.05, 4.69) is 0 Å². The first-order valence-corrected chi connectivity index (χ1v) is 6.26. The van der Waals surface area contributed by atoms with Gasteiger partial charge in [0.1, 0.15) is 0 Å². The van der Waals surface area contributed by atoms with Crippen LogP contribution < -0.4 is 0 Å². The number of rotatable bonds is 5. The predicted molar refractivity (Wildman–Crippen MR) is 68.9 cm³/mol. The zero-order valence-corrected chi connectivity index (χ0v) is 10.8. The van der Waals surface area contributed by atoms with E-state index in [1.807, 2.05) is 0 Å². The summed E-state index contributed by atoms with van der Waals surface area (Å²) in [5.74, 6) is -2.79. The van der Waals surface area contributed by atoms with Crippen molar-refractivity contribution < 1.29 is 24.6 Å². The van der Waals surface area contributed by atoms with Gasteiger partial charge < -0.3 is 15.1 Å². The van der Waals surface area contributed by atoms with Crippen LogP contribution in [-0.4, -0.2) is 39.5 Å². The Labute approximate surface area is 115 Å². The monoisotopic (exact) mass is 277 g/mol. The fraction of sp³-hybridized carbons (Fsp3) is 0.357. The molecule has 2 N–H and O–H groups in total. The molecule has 1 aromatic carbocycles. The van der Waals surface area contributed by atoms with Crippen molar-refractivity contribution in [2.24, 2.45) is 5.92 Å². The number of hydrogen-bond acceptors (Lipinski definition) is 3. The quantitative estimate of drug-likeness (QED) is 0.828. The van der Waals surface area contributed by atoms with Gasteiger partial charge in [0.05, 0.1) is 12.3 Å². The van der Waals surface area contributed by atoms with Crippen LogP contribution in [0.1, 0.15) is 17.5 Å². The Morgan fingerprint density at radius 3 is 2.40 bits per heavy atom. The average Bonchev–Trinajstić information content (AvgIpc) is 2.73. The summed E-state index contributed by atoms with van der Waals surface area (Å²) in [6, 6.07) is 6.99. The summed E-state index contributed by atoms with van der Waals surface area (Å²) in [5, 5.41) is 17.8. The molecule has 106 valence electrons. The number of carbonyl (C=O) groups is 3. The van der Waals surface area contributed by atoms with Crippen LogP contribution in [0, 0.1) is 5.92 Å². The largest absolute Gasteiger partial charge is 0.481 e. The van der Waals surface area contributed by atoms with Crippen molar-refractivity contribution in [1.82, 2.24) is 4.90 Å². The Morgan fingerprint density at radius 1 is 1.20 bits per heavy atom. The number of amides is 1. The summed E-state index contributed by atoms with van der Waals surface area (Å²) in [5.41, 5.74) is 1.39. The van der Waals surface area contributed by atoms with Crippen molar-refractivity contribution in [1.29, 1.82) is 0 Å². The maximum atomic E-state index is 11.8. The number of carbonyl (C=O) groups excluding carboxylic acids is 1. The van der Waals surface area contributed by atoms with Crippen molar-refractivity contribution in [3.63, 3.8) is 0 Å². The van der Waals surface area contributed by atoms with Crippen molar-refractivity contribution in [3.05, 3.63) is 35.4 Å². The van der Waals surface area contributed by atoms with Gasteiger partial charge >= 0.3 is 11.9 Å². The molecule has 0 bridgehead atoms. The second-order valence-corrected chi connectivity index (χ2v) is 4.85. The van der Waals surface area contributed by atoms with E-state index in [4.69, 9.17) is 10.2 Å². The van der Waals surface area contributed by atoms with Crippen LogP contribution >= 0.6 is 0 Å². The summed E-state index contributed by atoms with van der Waals surface area (Å²) < 4.78 is 0. The lowest BCUT2D eigenvalue weighted by Crippen LogP contribution is -2.26. The van der Waals surface area contributed by atoms with E-state index in [9.17, 15) is 14.4 Å². The van der Waals surface area contributed by atoms with Gasteiger partial charge in [-0.15, -0.1) is 0 Å². The highest BCUT2D eigenvalue weighted by molar-refractivity contribution is 5.86. The van der Waals surface area contributed by atoms with E-state index in [-0.39, 0.29) is 31.8 Å². The number of likely N-dealkylation sites (tertiary alicyclic amines) is 1. The van der Waals surface area contributed by atoms with Gasteiger partial charge in [0, 0.05) is 19.5 Å². The van der Waals surface area contributed by atoms with Crippen LogP contribution in [0.5, 0.6) is 0 Å². The number of benzene rings is 1. The van der Waals surface area contributed by atoms with Crippen LogP contribution in [0.4, 0.5) is 0 Å². The Bertz CT molecular complexity index is 554. The van der Waals surface area contributed by atoms with Crippen molar-refractivity contribution in [2.45, 2.75) is 19.4 Å². The summed E-state index contributed by atoms with van der Waals surface area (Å²) >= 11 is 0. The first kappa shape index (κ1) is 14.0. The van der Waals surface area contributed by atoms with Gasteiger partial charge in [-0.2, -0.15) is 0 Å². The van der Waals surface area contributed by atoms with E-state index in [0.717, 1.165) is 5.56 Å². The molecule has 1 heterocycles. The highest BCUT2D eigenvalue weighted by Gasteiger charge is 2.34. The summed E-state index contributed by atoms with van der Waals surface area (Å²) in [4.78, 5) is 35.0. The van der Waals surface area contributed by atoms with Crippen LogP contribution in [0.2, 0.25) is 0 Å². The molecule has 1 fully saturated rings. The maximum Gasteiger partial charge on any atom is 0.308 e. The molecule has 0 aromatic heterocycles. The minimum Gasteiger partial charge on any atom is -0.481 e. The first-order valence-electron chi connectivity index (χ1n) is 6.26. The van der Waals surface area contributed by atoms with Crippen LogP contribution in [0.25, 0.3) is 0 Å². The third kappa shape index (κ3) is 3.14. The molecule has 1 aliphatic rings. The molecule has 6 heteroatoms. The van der Waals surface area contributed by atoms with Gasteiger partial charge in [-0.3, -0.25) is 14.4 Å². The zero-order chi connectivity index (χ0) is 14.7. The van der Waals surface area contributed by atoms with E-state index < -0.39 is 17.9 Å². The van der Waals surface area contributed by atoms with Crippen molar-refractivity contribution >= 4 is 17.8 Å². The highest BCUT2D eigenvalue weighted by Crippen LogP contribution is 2.22. The summed E-state index contributed by atoms with van der Waals surface area (Å²) in [6.45, 7) is 0.432. The highest BCUT2D eigenvalue weighted by atomic mass is 16.4. The number of nitrogens with zero attached hydrogens (tertiary/aromatic N) is 1. The Kier molecular flexibility index (Phi) is 4.02. The molecule has 1 saturated heterocycles. The number of hydrogen-bond donors (Lipinski definition) is 2. The molecule has 6 nitrogen and oxygen atoms in total. The van der Waals surface area contributed by atoms with Gasteiger partial charge in [0.15, 0.2) is 0 Å². The molecule has 20 heavy (non-hydrogen) atoms. The molecule has 0 radical (unpaired) electrons. The lowest BCUT2D eigenvalue weighted by molar-refractivity contribution is -0.141. The van der Waals surface area contributed by atoms with Gasteiger partial charge in [-0.1, -0.05) is 24.3 Å². The smallest absolute Gasteiger partial charge is 0.308 e. The van der Waals surface area contributed by atoms with Crippen molar-refractivity contribution in [3.8, 4) is 0 Å². The Balaban J connectivity index is 2.12. The van der Waals surface area contributed by atoms with Crippen molar-refractivity contribution in [2.75, 3.05) is 6.54 Å². The molecule has 0 aliphatic carbocycles. The van der Waals surface area contributed by atoms with Gasteiger partial charge in [-0.05, 0) is 11.1 Å². The standard InChI is InChI=1S/C14H15NO5/c16-12-5-11(14(19)20)8-15(12)7-10-4-2-1-3-9(10)6-13(17)18/h1-4,11H,5-8H2,(H,17,18)(H,19,20). The molecular formula is C14H15NO5. The van der Waals surface area contributed by atoms with Crippen LogP contribution in [-0.2, 0) is 27.3 Å². The number of carboxylic acid groups (broad SMARTS) is 2. The normalized spacial score (nSPS) is 18.3. The zero-order valence-electron chi connectivity index (χ0n) is 10.8. The molecule has 1 unspecified atom stereocenters. The molecular weight excluding hydrogens is 262 g/mol. The molecule has 2 rings (SSSR count). The Morgan fingerprint density at radius 2 is 1.85 bits per heavy atom. The fourth-order valence-electron chi connectivity index (χ4n) is 2.34. The molecule has 1 atom stereocenters. The maximum absolute atomic E-state index is 11.8. The number of carboxylic acids is 2. The van der Waals surface area contributed by atoms with E-state index in [1.54, 1.807) is 24.3 Å². The lowest BCUT2D eigenvalue weighted by Gasteiger charge is -2.18. The average molecular weight is 277 g/mol. The lowest BCUT2D eigenvalue weighted by atomic mass is 10.0. The second kappa shape index (κ2) is 5.73.